The molecule has 1 saturated heterocycles. The van der Waals surface area contributed by atoms with Crippen molar-refractivity contribution >= 4 is 20.9 Å². The van der Waals surface area contributed by atoms with Crippen molar-refractivity contribution in [1.82, 2.24) is 19.7 Å². The van der Waals surface area contributed by atoms with Crippen LogP contribution in [0.3, 0.4) is 0 Å². The molecule has 4 heterocycles. The molecule has 9 heteroatoms. The standard InChI is InChI=1S/C25H19FN4O3S/c26-19-8-6-18(7-9-19)24-21(11-29-30(24)12-16-13-34(31,32)14-16)23-20-10-22(17-4-2-1-3-5-17)33-25(20)28-15-27-23/h1-11,15-16H,12-14H2. The second-order valence-corrected chi connectivity index (χ2v) is 10.6. The van der Waals surface area contributed by atoms with Crippen LogP contribution in [0.2, 0.25) is 0 Å². The number of benzene rings is 2. The third-order valence-electron chi connectivity index (χ3n) is 6.01. The Bertz CT molecular complexity index is 1600. The summed E-state index contributed by atoms with van der Waals surface area (Å²) >= 11 is 0. The maximum absolute atomic E-state index is 13.7. The van der Waals surface area contributed by atoms with Gasteiger partial charge in [0.15, 0.2) is 9.84 Å². The van der Waals surface area contributed by atoms with Crippen LogP contribution in [0.25, 0.3) is 44.9 Å². The Morgan fingerprint density at radius 3 is 2.50 bits per heavy atom. The first-order chi connectivity index (χ1) is 16.5. The Labute approximate surface area is 194 Å². The van der Waals surface area contributed by atoms with Crippen molar-refractivity contribution in [2.45, 2.75) is 6.54 Å². The van der Waals surface area contributed by atoms with E-state index >= 15 is 0 Å². The third-order valence-corrected chi connectivity index (χ3v) is 7.97. The molecular formula is C25H19FN4O3S. The van der Waals surface area contributed by atoms with Crippen LogP contribution in [0.5, 0.6) is 0 Å². The molecule has 0 amide bonds. The highest BCUT2D eigenvalue weighted by Crippen LogP contribution is 2.38. The highest BCUT2D eigenvalue weighted by molar-refractivity contribution is 7.92. The van der Waals surface area contributed by atoms with Crippen molar-refractivity contribution in [2.75, 3.05) is 11.5 Å². The Morgan fingerprint density at radius 2 is 1.76 bits per heavy atom. The number of fused-ring (bicyclic) bond motifs is 1. The molecule has 0 spiro atoms. The lowest BCUT2D eigenvalue weighted by molar-refractivity contribution is 0.445. The van der Waals surface area contributed by atoms with Crippen LogP contribution in [0.1, 0.15) is 0 Å². The predicted molar refractivity (Wildman–Crippen MR) is 126 cm³/mol. The average molecular weight is 475 g/mol. The molecule has 1 aliphatic rings. The van der Waals surface area contributed by atoms with Gasteiger partial charge in [0.1, 0.15) is 17.9 Å². The van der Waals surface area contributed by atoms with Gasteiger partial charge in [-0.1, -0.05) is 30.3 Å². The zero-order valence-electron chi connectivity index (χ0n) is 17.9. The zero-order chi connectivity index (χ0) is 23.3. The normalized spacial score (nSPS) is 15.4. The van der Waals surface area contributed by atoms with Crippen LogP contribution in [-0.2, 0) is 16.4 Å². The lowest BCUT2D eigenvalue weighted by Crippen LogP contribution is -2.39. The van der Waals surface area contributed by atoms with E-state index in [1.54, 1.807) is 23.0 Å². The highest BCUT2D eigenvalue weighted by atomic mass is 32.2. The average Bonchev–Trinajstić information content (AvgIpc) is 3.43. The number of hydrogen-bond acceptors (Lipinski definition) is 6. The minimum absolute atomic E-state index is 0.0130. The van der Waals surface area contributed by atoms with Crippen molar-refractivity contribution in [3.63, 3.8) is 0 Å². The van der Waals surface area contributed by atoms with Crippen molar-refractivity contribution in [3.8, 4) is 33.8 Å². The summed E-state index contributed by atoms with van der Waals surface area (Å²) in [5.41, 5.74) is 4.25. The Hall–Kier alpha value is -3.85. The van der Waals surface area contributed by atoms with Crippen LogP contribution in [0.4, 0.5) is 4.39 Å². The smallest absolute Gasteiger partial charge is 0.230 e. The van der Waals surface area contributed by atoms with E-state index in [1.165, 1.54) is 18.5 Å². The molecule has 5 aromatic rings. The number of hydrogen-bond donors (Lipinski definition) is 0. The van der Waals surface area contributed by atoms with E-state index in [0.29, 0.717) is 23.7 Å². The predicted octanol–water partition coefficient (Wildman–Crippen LogP) is 4.60. The number of rotatable bonds is 5. The van der Waals surface area contributed by atoms with Crippen LogP contribution in [-0.4, -0.2) is 39.7 Å². The molecule has 1 fully saturated rings. The monoisotopic (exact) mass is 474 g/mol. The van der Waals surface area contributed by atoms with Crippen molar-refractivity contribution in [2.24, 2.45) is 5.92 Å². The maximum atomic E-state index is 13.7. The minimum atomic E-state index is -2.96. The summed E-state index contributed by atoms with van der Waals surface area (Å²) in [7, 11) is -2.96. The molecule has 7 nitrogen and oxygen atoms in total. The summed E-state index contributed by atoms with van der Waals surface area (Å²) in [6, 6.07) is 17.8. The van der Waals surface area contributed by atoms with E-state index in [1.807, 2.05) is 36.4 Å². The molecule has 0 N–H and O–H groups in total. The zero-order valence-corrected chi connectivity index (χ0v) is 18.7. The first-order valence-electron chi connectivity index (χ1n) is 10.8. The number of aromatic nitrogens is 4. The van der Waals surface area contributed by atoms with E-state index in [0.717, 1.165) is 27.8 Å². The lowest BCUT2D eigenvalue weighted by atomic mass is 10.0. The number of sulfone groups is 1. The number of nitrogens with zero attached hydrogens (tertiary/aromatic N) is 4. The number of halogens is 1. The van der Waals surface area contributed by atoms with Crippen molar-refractivity contribution in [3.05, 3.63) is 79.0 Å². The molecule has 6 rings (SSSR count). The molecule has 2 aromatic carbocycles. The fourth-order valence-electron chi connectivity index (χ4n) is 4.44. The summed E-state index contributed by atoms with van der Waals surface area (Å²) in [6.07, 6.45) is 3.16. The molecule has 34 heavy (non-hydrogen) atoms. The lowest BCUT2D eigenvalue weighted by Gasteiger charge is -2.26. The summed E-state index contributed by atoms with van der Waals surface area (Å²) < 4.78 is 44.8. The van der Waals surface area contributed by atoms with Gasteiger partial charge in [-0.25, -0.2) is 22.8 Å². The second-order valence-electron chi connectivity index (χ2n) is 8.46. The van der Waals surface area contributed by atoms with E-state index in [-0.39, 0.29) is 23.2 Å². The number of furan rings is 1. The first-order valence-corrected chi connectivity index (χ1v) is 12.6. The fourth-order valence-corrected chi connectivity index (χ4v) is 5.99. The molecule has 0 aliphatic carbocycles. The molecule has 3 aromatic heterocycles. The topological polar surface area (TPSA) is 90.9 Å². The largest absolute Gasteiger partial charge is 0.438 e. The van der Waals surface area contributed by atoms with Gasteiger partial charge in [0.2, 0.25) is 5.71 Å². The van der Waals surface area contributed by atoms with Gasteiger partial charge in [-0.3, -0.25) is 4.68 Å². The molecular weight excluding hydrogens is 455 g/mol. The Kier molecular flexibility index (Phi) is 4.80. The summed E-state index contributed by atoms with van der Waals surface area (Å²) in [5.74, 6) is 0.609. The van der Waals surface area contributed by atoms with E-state index < -0.39 is 9.84 Å². The van der Waals surface area contributed by atoms with E-state index in [2.05, 4.69) is 15.1 Å². The van der Waals surface area contributed by atoms with E-state index in [4.69, 9.17) is 4.42 Å². The van der Waals surface area contributed by atoms with Gasteiger partial charge in [-0.2, -0.15) is 5.10 Å². The van der Waals surface area contributed by atoms with Gasteiger partial charge < -0.3 is 4.42 Å². The van der Waals surface area contributed by atoms with Crippen molar-refractivity contribution in [1.29, 1.82) is 0 Å². The second kappa shape index (κ2) is 7.88. The quantitative estimate of drug-likeness (QED) is 0.370. The molecule has 0 atom stereocenters. The summed E-state index contributed by atoms with van der Waals surface area (Å²) in [4.78, 5) is 8.84. The molecule has 1 aliphatic heterocycles. The fraction of sp³-hybridized carbons (Fsp3) is 0.160. The Morgan fingerprint density at radius 1 is 1.00 bits per heavy atom. The molecule has 170 valence electrons. The van der Waals surface area contributed by atoms with Gasteiger partial charge in [0.25, 0.3) is 0 Å². The molecule has 0 bridgehead atoms. The van der Waals surface area contributed by atoms with Gasteiger partial charge >= 0.3 is 0 Å². The molecule has 0 saturated carbocycles. The van der Waals surface area contributed by atoms with Crippen LogP contribution >= 0.6 is 0 Å². The summed E-state index contributed by atoms with van der Waals surface area (Å²) in [6.45, 7) is 0.445. The van der Waals surface area contributed by atoms with Crippen LogP contribution in [0.15, 0.2) is 77.6 Å². The van der Waals surface area contributed by atoms with Gasteiger partial charge in [-0.05, 0) is 30.3 Å². The van der Waals surface area contributed by atoms with Crippen LogP contribution < -0.4 is 0 Å². The van der Waals surface area contributed by atoms with Crippen LogP contribution in [0, 0.1) is 11.7 Å². The van der Waals surface area contributed by atoms with Gasteiger partial charge in [0.05, 0.1) is 34.5 Å². The van der Waals surface area contributed by atoms with Crippen molar-refractivity contribution < 1.29 is 17.2 Å². The minimum Gasteiger partial charge on any atom is -0.438 e. The maximum Gasteiger partial charge on any atom is 0.230 e. The molecule has 0 unspecified atom stereocenters. The van der Waals surface area contributed by atoms with E-state index in [9.17, 15) is 12.8 Å². The Balaban J connectivity index is 1.49. The molecule has 0 radical (unpaired) electrons. The van der Waals surface area contributed by atoms with Gasteiger partial charge in [0, 0.05) is 29.2 Å². The summed E-state index contributed by atoms with van der Waals surface area (Å²) in [5, 5.41) is 5.30. The first kappa shape index (κ1) is 20.7. The van der Waals surface area contributed by atoms with Gasteiger partial charge in [-0.15, -0.1) is 0 Å². The SMILES string of the molecule is O=S1(=O)CC(Cn2ncc(-c3ncnc4oc(-c5ccccc5)cc34)c2-c2ccc(F)cc2)C1. The third kappa shape index (κ3) is 3.67. The highest BCUT2D eigenvalue weighted by Gasteiger charge is 2.34.